The first-order valence-corrected chi connectivity index (χ1v) is 8.31. The Morgan fingerprint density at radius 2 is 2.14 bits per heavy atom. The number of hydrogen-bond donors (Lipinski definition) is 1. The van der Waals surface area contributed by atoms with Gasteiger partial charge in [0.15, 0.2) is 4.90 Å². The zero-order valence-electron chi connectivity index (χ0n) is 12.1. The molecule has 0 bridgehead atoms. The van der Waals surface area contributed by atoms with Gasteiger partial charge in [-0.15, -0.1) is 0 Å². The van der Waals surface area contributed by atoms with Crippen molar-refractivity contribution in [1.82, 2.24) is 4.81 Å². The van der Waals surface area contributed by atoms with E-state index >= 15 is 0 Å². The van der Waals surface area contributed by atoms with Gasteiger partial charge in [-0.1, -0.05) is 12.1 Å². The van der Waals surface area contributed by atoms with Crippen LogP contribution in [0.25, 0.3) is 0 Å². The summed E-state index contributed by atoms with van der Waals surface area (Å²) in [5, 5.41) is 20.5. The fourth-order valence-corrected chi connectivity index (χ4v) is 3.70. The van der Waals surface area contributed by atoms with Gasteiger partial charge in [0.25, 0.3) is 5.69 Å². The van der Waals surface area contributed by atoms with Crippen LogP contribution in [0.1, 0.15) is 12.8 Å². The second kappa shape index (κ2) is 6.74. The van der Waals surface area contributed by atoms with Crippen LogP contribution in [0.15, 0.2) is 29.2 Å². The minimum absolute atomic E-state index is 0.261. The molecule has 1 aromatic carbocycles. The number of para-hydroxylation sites is 1. The van der Waals surface area contributed by atoms with Crippen LogP contribution in [-0.4, -0.2) is 49.4 Å². The van der Waals surface area contributed by atoms with Gasteiger partial charge in [0.2, 0.25) is 0 Å². The summed E-state index contributed by atoms with van der Waals surface area (Å²) in [5.41, 5.74) is -0.509. The van der Waals surface area contributed by atoms with Crippen LogP contribution in [0.3, 0.4) is 0 Å². The average Bonchev–Trinajstić information content (AvgIpc) is 2.47. The molecule has 1 aliphatic rings. The van der Waals surface area contributed by atoms with Crippen LogP contribution >= 0.6 is 0 Å². The minimum Gasteiger partial charge on any atom is -0.437 e. The highest BCUT2D eigenvalue weighted by Gasteiger charge is 2.32. The number of nitro groups is 1. The van der Waals surface area contributed by atoms with E-state index in [2.05, 4.69) is 0 Å². The van der Waals surface area contributed by atoms with Crippen molar-refractivity contribution in [3.05, 3.63) is 34.4 Å². The number of nitrogens with zero attached hydrogens (tertiary/aromatic N) is 2. The number of piperidine rings is 1. The normalized spacial score (nSPS) is 19.8. The lowest BCUT2D eigenvalue weighted by molar-refractivity contribution is -0.387. The summed E-state index contributed by atoms with van der Waals surface area (Å²) < 4.78 is 29.7. The van der Waals surface area contributed by atoms with Gasteiger partial charge in [0, 0.05) is 12.6 Å². The summed E-state index contributed by atoms with van der Waals surface area (Å²) in [7, 11) is -4.93. The average molecular weight is 328 g/mol. The van der Waals surface area contributed by atoms with E-state index in [1.165, 1.54) is 12.1 Å². The first-order chi connectivity index (χ1) is 10.3. The van der Waals surface area contributed by atoms with Gasteiger partial charge in [-0.05, 0) is 32.3 Å². The molecular formula is C12H17BN2O6S. The fourth-order valence-electron chi connectivity index (χ4n) is 2.43. The number of hydrogen-bond acceptors (Lipinski definition) is 7. The van der Waals surface area contributed by atoms with E-state index in [1.807, 2.05) is 0 Å². The molecule has 1 aliphatic heterocycles. The van der Waals surface area contributed by atoms with Crippen LogP contribution < -0.4 is 0 Å². The van der Waals surface area contributed by atoms with Gasteiger partial charge < -0.3 is 9.83 Å². The molecule has 1 fully saturated rings. The molecule has 1 atom stereocenters. The highest BCUT2D eigenvalue weighted by molar-refractivity contribution is 7.87. The predicted octanol–water partition coefficient (Wildman–Crippen LogP) is 0.875. The molecule has 0 saturated carbocycles. The molecule has 8 nitrogen and oxygen atoms in total. The summed E-state index contributed by atoms with van der Waals surface area (Å²) in [5.74, 6) is 0. The number of rotatable bonds is 5. The maximum atomic E-state index is 12.3. The zero-order chi connectivity index (χ0) is 16.3. The van der Waals surface area contributed by atoms with Crippen LogP contribution in [0.2, 0.25) is 6.82 Å². The Hall–Kier alpha value is -1.49. The molecule has 22 heavy (non-hydrogen) atoms. The SMILES string of the molecule is CB(O)N1CCC[C@@H](OS(=O)(=O)c2ccccc2[N+](=O)[O-])C1. The third-order valence-corrected chi connectivity index (χ3v) is 4.94. The Kier molecular flexibility index (Phi) is 5.17. The second-order valence-corrected chi connectivity index (χ2v) is 6.71. The monoisotopic (exact) mass is 328 g/mol. The van der Waals surface area contributed by atoms with E-state index in [1.54, 1.807) is 11.6 Å². The lowest BCUT2D eigenvalue weighted by Gasteiger charge is -2.32. The maximum Gasteiger partial charge on any atom is 0.376 e. The smallest absolute Gasteiger partial charge is 0.376 e. The summed E-state index contributed by atoms with van der Waals surface area (Å²) in [6, 6.07) is 5.08. The molecule has 1 heterocycles. The Morgan fingerprint density at radius 1 is 1.45 bits per heavy atom. The van der Waals surface area contributed by atoms with Crippen LogP contribution in [-0.2, 0) is 14.3 Å². The quantitative estimate of drug-likeness (QED) is 0.370. The lowest BCUT2D eigenvalue weighted by atomic mass is 9.82. The maximum absolute atomic E-state index is 12.3. The van der Waals surface area contributed by atoms with Gasteiger partial charge in [-0.3, -0.25) is 14.3 Å². The zero-order valence-corrected chi connectivity index (χ0v) is 12.9. The van der Waals surface area contributed by atoms with Gasteiger partial charge in [0.1, 0.15) is 0 Å². The highest BCUT2D eigenvalue weighted by atomic mass is 32.2. The first-order valence-electron chi connectivity index (χ1n) is 6.90. The molecular weight excluding hydrogens is 311 g/mol. The van der Waals surface area contributed by atoms with E-state index in [-0.39, 0.29) is 6.54 Å². The molecule has 0 aromatic heterocycles. The third kappa shape index (κ3) is 3.83. The Labute approximate surface area is 129 Å². The summed E-state index contributed by atoms with van der Waals surface area (Å²) >= 11 is 0. The largest absolute Gasteiger partial charge is 0.437 e. The van der Waals surface area contributed by atoms with E-state index in [0.717, 1.165) is 12.1 Å². The second-order valence-electron chi connectivity index (χ2n) is 5.17. The molecule has 10 heteroatoms. The first kappa shape index (κ1) is 16.9. The molecule has 0 aliphatic carbocycles. The Bertz CT molecular complexity index is 651. The third-order valence-electron chi connectivity index (χ3n) is 3.53. The molecule has 0 radical (unpaired) electrons. The molecule has 120 valence electrons. The van der Waals surface area contributed by atoms with Crippen LogP contribution in [0.5, 0.6) is 0 Å². The topological polar surface area (TPSA) is 110 Å². The molecule has 0 amide bonds. The lowest BCUT2D eigenvalue weighted by Crippen LogP contribution is -2.47. The van der Waals surface area contributed by atoms with Crippen molar-refractivity contribution in [2.75, 3.05) is 13.1 Å². The Morgan fingerprint density at radius 3 is 2.77 bits per heavy atom. The van der Waals surface area contributed by atoms with Crippen molar-refractivity contribution < 1.29 is 22.5 Å². The van der Waals surface area contributed by atoms with Crippen molar-refractivity contribution in [3.8, 4) is 0 Å². The molecule has 0 unspecified atom stereocenters. The van der Waals surface area contributed by atoms with Crippen LogP contribution in [0.4, 0.5) is 5.69 Å². The van der Waals surface area contributed by atoms with E-state index in [4.69, 9.17) is 4.18 Å². The van der Waals surface area contributed by atoms with Gasteiger partial charge in [-0.2, -0.15) is 8.42 Å². The van der Waals surface area contributed by atoms with Gasteiger partial charge in [0.05, 0.1) is 11.0 Å². The number of benzene rings is 1. The van der Waals surface area contributed by atoms with Crippen molar-refractivity contribution >= 4 is 22.9 Å². The molecule has 1 saturated heterocycles. The molecule has 0 spiro atoms. The molecule has 1 aromatic rings. The van der Waals surface area contributed by atoms with E-state index < -0.39 is 38.8 Å². The van der Waals surface area contributed by atoms with Gasteiger partial charge in [-0.25, -0.2) is 0 Å². The Balaban J connectivity index is 2.20. The summed E-state index contributed by atoms with van der Waals surface area (Å²) in [4.78, 5) is 11.4. The summed E-state index contributed by atoms with van der Waals surface area (Å²) in [6.07, 6.45) is 0.568. The predicted molar refractivity (Wildman–Crippen MR) is 79.8 cm³/mol. The van der Waals surface area contributed by atoms with Gasteiger partial charge >= 0.3 is 17.2 Å². The van der Waals surface area contributed by atoms with Crippen LogP contribution in [0, 0.1) is 10.1 Å². The van der Waals surface area contributed by atoms with Crippen molar-refractivity contribution in [2.24, 2.45) is 0 Å². The van der Waals surface area contributed by atoms with Crippen molar-refractivity contribution in [1.29, 1.82) is 0 Å². The molecule has 1 N–H and O–H groups in total. The van der Waals surface area contributed by atoms with E-state index in [0.29, 0.717) is 19.4 Å². The number of nitro benzene ring substituents is 1. The fraction of sp³-hybridized carbons (Fsp3) is 0.500. The molecule has 2 rings (SSSR count). The highest BCUT2D eigenvalue weighted by Crippen LogP contribution is 2.27. The van der Waals surface area contributed by atoms with Crippen molar-refractivity contribution in [3.63, 3.8) is 0 Å². The minimum atomic E-state index is -4.23. The van der Waals surface area contributed by atoms with Crippen molar-refractivity contribution in [2.45, 2.75) is 30.7 Å². The standard InChI is InChI=1S/C12H17BN2O6S/c1-13(16)14-8-4-5-10(9-14)21-22(19,20)12-7-3-2-6-11(12)15(17)18/h2-3,6-7,10,16H,4-5,8-9H2,1H3/t10-/m1/s1. The summed E-state index contributed by atoms with van der Waals surface area (Å²) in [6.45, 7) is 2.51. The van der Waals surface area contributed by atoms with E-state index in [9.17, 15) is 23.6 Å².